The molecule has 3 nitrogen and oxygen atoms in total. The molecule has 0 spiro atoms. The summed E-state index contributed by atoms with van der Waals surface area (Å²) in [5, 5.41) is 9.11. The first-order chi connectivity index (χ1) is 9.15. The molecule has 2 rings (SSSR count). The molecular formula is C16H16N2O. The van der Waals surface area contributed by atoms with Crippen molar-refractivity contribution in [1.29, 1.82) is 5.26 Å². The molecule has 0 atom stereocenters. The summed E-state index contributed by atoms with van der Waals surface area (Å²) >= 11 is 0. The molecule has 3 heteroatoms. The Hall–Kier alpha value is -2.47. The Morgan fingerprint density at radius 1 is 1.26 bits per heavy atom. The van der Waals surface area contributed by atoms with Crippen LogP contribution in [0.2, 0.25) is 0 Å². The monoisotopic (exact) mass is 252 g/mol. The molecule has 2 aromatic rings. The smallest absolute Gasteiger partial charge is 0.150 e. The fourth-order valence-corrected chi connectivity index (χ4v) is 1.90. The molecule has 0 aliphatic carbocycles. The Bertz CT molecular complexity index is 642. The van der Waals surface area contributed by atoms with Gasteiger partial charge in [0.2, 0.25) is 0 Å². The number of rotatable bonds is 3. The van der Waals surface area contributed by atoms with Crippen molar-refractivity contribution in [3.05, 3.63) is 53.1 Å². The molecule has 0 saturated carbocycles. The van der Waals surface area contributed by atoms with Gasteiger partial charge in [-0.15, -0.1) is 0 Å². The van der Waals surface area contributed by atoms with E-state index in [1.165, 1.54) is 0 Å². The summed E-state index contributed by atoms with van der Waals surface area (Å²) in [6.45, 7) is 3.98. The van der Waals surface area contributed by atoms with E-state index in [4.69, 9.17) is 15.7 Å². The fourth-order valence-electron chi connectivity index (χ4n) is 1.90. The van der Waals surface area contributed by atoms with Gasteiger partial charge in [-0.05, 0) is 42.7 Å². The van der Waals surface area contributed by atoms with Crippen LogP contribution in [0.3, 0.4) is 0 Å². The highest BCUT2D eigenvalue weighted by atomic mass is 16.5. The topological polar surface area (TPSA) is 59.0 Å². The third-order valence-corrected chi connectivity index (χ3v) is 3.03. The predicted molar refractivity (Wildman–Crippen MR) is 76.2 cm³/mol. The van der Waals surface area contributed by atoms with Gasteiger partial charge < -0.3 is 10.5 Å². The zero-order valence-electron chi connectivity index (χ0n) is 11.1. The molecule has 0 unspecified atom stereocenters. The lowest BCUT2D eigenvalue weighted by Gasteiger charge is -2.12. The van der Waals surface area contributed by atoms with Crippen molar-refractivity contribution in [3.8, 4) is 17.6 Å². The van der Waals surface area contributed by atoms with Gasteiger partial charge in [0, 0.05) is 0 Å². The van der Waals surface area contributed by atoms with Crippen LogP contribution in [0, 0.1) is 18.3 Å². The minimum absolute atomic E-state index is 0.513. The lowest BCUT2D eigenvalue weighted by molar-refractivity contribution is 0.479. The van der Waals surface area contributed by atoms with E-state index in [2.05, 4.69) is 13.0 Å². The maximum Gasteiger partial charge on any atom is 0.150 e. The molecule has 0 aromatic heterocycles. The third-order valence-electron chi connectivity index (χ3n) is 3.03. The number of hydrogen-bond donors (Lipinski definition) is 1. The maximum atomic E-state index is 9.11. The molecule has 0 aliphatic rings. The minimum atomic E-state index is 0.513. The van der Waals surface area contributed by atoms with Gasteiger partial charge in [0.15, 0.2) is 0 Å². The second-order valence-corrected chi connectivity index (χ2v) is 4.39. The van der Waals surface area contributed by atoms with Crippen molar-refractivity contribution in [1.82, 2.24) is 0 Å². The number of nitrogen functional groups attached to an aromatic ring is 1. The Labute approximate surface area is 113 Å². The van der Waals surface area contributed by atoms with Crippen LogP contribution in [-0.4, -0.2) is 0 Å². The number of ether oxygens (including phenoxy) is 1. The van der Waals surface area contributed by atoms with Crippen molar-refractivity contribution >= 4 is 5.69 Å². The molecule has 0 saturated heterocycles. The van der Waals surface area contributed by atoms with Crippen LogP contribution in [0.15, 0.2) is 36.4 Å². The van der Waals surface area contributed by atoms with Crippen LogP contribution < -0.4 is 10.5 Å². The Balaban J connectivity index is 2.40. The average Bonchev–Trinajstić information content (AvgIpc) is 2.42. The number of benzene rings is 2. The molecule has 0 aliphatic heterocycles. The van der Waals surface area contributed by atoms with Gasteiger partial charge in [0.05, 0.1) is 11.3 Å². The average molecular weight is 252 g/mol. The number of para-hydroxylation sites is 1. The van der Waals surface area contributed by atoms with Crippen LogP contribution in [0.5, 0.6) is 11.5 Å². The van der Waals surface area contributed by atoms with Crippen LogP contribution in [-0.2, 0) is 6.42 Å². The molecule has 0 amide bonds. The fraction of sp³-hybridized carbons (Fsp3) is 0.188. The molecular weight excluding hydrogens is 236 g/mol. The van der Waals surface area contributed by atoms with Gasteiger partial charge in [-0.3, -0.25) is 0 Å². The zero-order chi connectivity index (χ0) is 13.8. The first kappa shape index (κ1) is 13.0. The number of anilines is 1. The summed E-state index contributed by atoms with van der Waals surface area (Å²) in [4.78, 5) is 0. The predicted octanol–water partition coefficient (Wildman–Crippen LogP) is 3.80. The summed E-state index contributed by atoms with van der Waals surface area (Å²) in [5.41, 5.74) is 9.16. The summed E-state index contributed by atoms with van der Waals surface area (Å²) < 4.78 is 5.81. The summed E-state index contributed by atoms with van der Waals surface area (Å²) in [7, 11) is 0. The maximum absolute atomic E-state index is 9.11. The molecule has 0 bridgehead atoms. The second-order valence-electron chi connectivity index (χ2n) is 4.39. The van der Waals surface area contributed by atoms with E-state index in [-0.39, 0.29) is 0 Å². The van der Waals surface area contributed by atoms with E-state index in [0.717, 1.165) is 17.5 Å². The SMILES string of the molecule is CCc1ccc(Oc2c(C)cccc2C#N)c(N)c1. The van der Waals surface area contributed by atoms with E-state index in [0.29, 0.717) is 22.7 Å². The highest BCUT2D eigenvalue weighted by Gasteiger charge is 2.10. The van der Waals surface area contributed by atoms with Gasteiger partial charge >= 0.3 is 0 Å². The lowest BCUT2D eigenvalue weighted by Crippen LogP contribution is -1.96. The summed E-state index contributed by atoms with van der Waals surface area (Å²) in [5.74, 6) is 1.16. The molecule has 19 heavy (non-hydrogen) atoms. The Morgan fingerprint density at radius 2 is 2.05 bits per heavy atom. The molecule has 2 N–H and O–H groups in total. The Kier molecular flexibility index (Phi) is 3.72. The number of nitriles is 1. The third kappa shape index (κ3) is 2.69. The summed E-state index contributed by atoms with van der Waals surface area (Å²) in [6, 6.07) is 13.3. The van der Waals surface area contributed by atoms with Crippen molar-refractivity contribution < 1.29 is 4.74 Å². The van der Waals surface area contributed by atoms with E-state index in [1.54, 1.807) is 6.07 Å². The van der Waals surface area contributed by atoms with Gasteiger partial charge in [0.1, 0.15) is 17.6 Å². The van der Waals surface area contributed by atoms with Crippen LogP contribution in [0.25, 0.3) is 0 Å². The zero-order valence-corrected chi connectivity index (χ0v) is 11.1. The van der Waals surface area contributed by atoms with Crippen LogP contribution in [0.1, 0.15) is 23.6 Å². The molecule has 96 valence electrons. The normalized spacial score (nSPS) is 9.95. The standard InChI is InChI=1S/C16H16N2O/c1-3-12-7-8-15(14(18)9-12)19-16-11(2)5-4-6-13(16)10-17/h4-9H,3,18H2,1-2H3. The molecule has 0 heterocycles. The van der Waals surface area contributed by atoms with Crippen molar-refractivity contribution in [3.63, 3.8) is 0 Å². The van der Waals surface area contributed by atoms with Crippen molar-refractivity contribution in [2.24, 2.45) is 0 Å². The van der Waals surface area contributed by atoms with E-state index in [9.17, 15) is 0 Å². The summed E-state index contributed by atoms with van der Waals surface area (Å²) in [6.07, 6.45) is 0.929. The van der Waals surface area contributed by atoms with E-state index >= 15 is 0 Å². The molecule has 0 radical (unpaired) electrons. The van der Waals surface area contributed by atoms with Gasteiger partial charge in [-0.2, -0.15) is 5.26 Å². The Morgan fingerprint density at radius 3 is 2.68 bits per heavy atom. The van der Waals surface area contributed by atoms with Crippen molar-refractivity contribution in [2.45, 2.75) is 20.3 Å². The number of aryl methyl sites for hydroxylation is 2. The number of nitrogens with zero attached hydrogens (tertiary/aromatic N) is 1. The van der Waals surface area contributed by atoms with Gasteiger partial charge in [-0.25, -0.2) is 0 Å². The first-order valence-corrected chi connectivity index (χ1v) is 6.21. The highest BCUT2D eigenvalue weighted by Crippen LogP contribution is 2.32. The van der Waals surface area contributed by atoms with E-state index < -0.39 is 0 Å². The van der Waals surface area contributed by atoms with Gasteiger partial charge in [-0.1, -0.05) is 25.1 Å². The molecule has 0 fully saturated rings. The lowest BCUT2D eigenvalue weighted by atomic mass is 10.1. The number of hydrogen-bond acceptors (Lipinski definition) is 3. The minimum Gasteiger partial charge on any atom is -0.454 e. The largest absolute Gasteiger partial charge is 0.454 e. The first-order valence-electron chi connectivity index (χ1n) is 6.21. The quantitative estimate of drug-likeness (QED) is 0.845. The second kappa shape index (κ2) is 5.45. The van der Waals surface area contributed by atoms with Crippen LogP contribution >= 0.6 is 0 Å². The molecule has 2 aromatic carbocycles. The van der Waals surface area contributed by atoms with Gasteiger partial charge in [0.25, 0.3) is 0 Å². The van der Waals surface area contributed by atoms with Crippen molar-refractivity contribution in [2.75, 3.05) is 5.73 Å². The van der Waals surface area contributed by atoms with E-state index in [1.807, 2.05) is 37.3 Å². The van der Waals surface area contributed by atoms with Crippen LogP contribution in [0.4, 0.5) is 5.69 Å². The number of nitrogens with two attached hydrogens (primary N) is 1. The highest BCUT2D eigenvalue weighted by molar-refractivity contribution is 5.58.